The van der Waals surface area contributed by atoms with E-state index < -0.39 is 6.04 Å². The van der Waals surface area contributed by atoms with E-state index in [9.17, 15) is 14.0 Å². The number of rotatable bonds is 12. The molecule has 36 heavy (non-hydrogen) atoms. The van der Waals surface area contributed by atoms with Crippen LogP contribution in [0.5, 0.6) is 0 Å². The van der Waals surface area contributed by atoms with Crippen LogP contribution in [0.15, 0.2) is 78.9 Å². The first kappa shape index (κ1) is 27.8. The Labute approximate surface area is 222 Å². The molecule has 7 heteroatoms. The first-order chi connectivity index (χ1) is 17.3. The van der Waals surface area contributed by atoms with Crippen molar-refractivity contribution < 1.29 is 14.0 Å². The van der Waals surface area contributed by atoms with Crippen LogP contribution < -0.4 is 5.32 Å². The van der Waals surface area contributed by atoms with Crippen molar-refractivity contribution in [1.82, 2.24) is 10.2 Å². The Morgan fingerprint density at radius 1 is 0.944 bits per heavy atom. The highest BCUT2D eigenvalue weighted by molar-refractivity contribution is 7.99. The van der Waals surface area contributed by atoms with Gasteiger partial charge in [-0.15, -0.1) is 11.8 Å². The number of hydrogen-bond donors (Lipinski definition) is 1. The summed E-state index contributed by atoms with van der Waals surface area (Å²) in [6.45, 7) is 4.82. The van der Waals surface area contributed by atoms with Crippen molar-refractivity contribution in [2.75, 3.05) is 12.3 Å². The van der Waals surface area contributed by atoms with Crippen LogP contribution in [0.4, 0.5) is 4.39 Å². The van der Waals surface area contributed by atoms with E-state index in [2.05, 4.69) is 5.32 Å². The zero-order chi connectivity index (χ0) is 25.9. The summed E-state index contributed by atoms with van der Waals surface area (Å²) in [6, 6.07) is 22.6. The highest BCUT2D eigenvalue weighted by Gasteiger charge is 2.30. The van der Waals surface area contributed by atoms with Crippen LogP contribution in [0.2, 0.25) is 5.02 Å². The molecule has 0 heterocycles. The van der Waals surface area contributed by atoms with Gasteiger partial charge < -0.3 is 10.2 Å². The molecule has 0 bridgehead atoms. The smallest absolute Gasteiger partial charge is 0.243 e. The second kappa shape index (κ2) is 14.0. The summed E-state index contributed by atoms with van der Waals surface area (Å²) in [4.78, 5) is 28.7. The van der Waals surface area contributed by atoms with Crippen molar-refractivity contribution >= 4 is 35.2 Å². The fourth-order valence-corrected chi connectivity index (χ4v) is 4.77. The maximum atomic E-state index is 13.6. The molecule has 0 fully saturated rings. The molecule has 1 atom stereocenters. The molecular weight excluding hydrogens is 495 g/mol. The van der Waals surface area contributed by atoms with E-state index in [4.69, 9.17) is 11.6 Å². The lowest BCUT2D eigenvalue weighted by molar-refractivity contribution is -0.139. The Bertz CT molecular complexity index is 1130. The number of hydrogen-bond acceptors (Lipinski definition) is 3. The van der Waals surface area contributed by atoms with Gasteiger partial charge in [0.05, 0.1) is 5.75 Å². The Morgan fingerprint density at radius 3 is 2.28 bits per heavy atom. The molecule has 0 radical (unpaired) electrons. The van der Waals surface area contributed by atoms with Crippen molar-refractivity contribution in [3.63, 3.8) is 0 Å². The molecule has 0 aliphatic rings. The predicted molar refractivity (Wildman–Crippen MR) is 146 cm³/mol. The van der Waals surface area contributed by atoms with Crippen molar-refractivity contribution in [1.29, 1.82) is 0 Å². The summed E-state index contributed by atoms with van der Waals surface area (Å²) in [5.41, 5.74) is 2.69. The van der Waals surface area contributed by atoms with Crippen LogP contribution in [0.1, 0.15) is 30.5 Å². The second-order valence-electron chi connectivity index (χ2n) is 9.08. The lowest BCUT2D eigenvalue weighted by Gasteiger charge is -2.32. The second-order valence-corrected chi connectivity index (χ2v) is 10.5. The number of carbonyl (C=O) groups excluding carboxylic acids is 2. The highest BCUT2D eigenvalue weighted by atomic mass is 35.5. The van der Waals surface area contributed by atoms with E-state index in [1.807, 2.05) is 62.4 Å². The number of halogens is 2. The molecule has 1 N–H and O–H groups in total. The molecule has 0 aliphatic heterocycles. The number of carbonyl (C=O) groups is 2. The molecule has 0 saturated heterocycles. The van der Waals surface area contributed by atoms with Gasteiger partial charge in [0, 0.05) is 30.3 Å². The van der Waals surface area contributed by atoms with Gasteiger partial charge in [0.15, 0.2) is 0 Å². The van der Waals surface area contributed by atoms with Crippen molar-refractivity contribution in [2.45, 2.75) is 38.6 Å². The monoisotopic (exact) mass is 526 g/mol. The fourth-order valence-electron chi connectivity index (χ4n) is 3.71. The Morgan fingerprint density at radius 2 is 1.61 bits per heavy atom. The number of thioether (sulfide) groups is 1. The number of nitrogens with zero attached hydrogens (tertiary/aromatic N) is 1. The molecule has 4 nitrogen and oxygen atoms in total. The van der Waals surface area contributed by atoms with E-state index >= 15 is 0 Å². The van der Waals surface area contributed by atoms with Crippen LogP contribution in [0, 0.1) is 11.7 Å². The van der Waals surface area contributed by atoms with E-state index in [1.54, 1.807) is 23.1 Å². The van der Waals surface area contributed by atoms with Crippen molar-refractivity contribution in [3.8, 4) is 0 Å². The normalized spacial score (nSPS) is 11.8. The Hall–Kier alpha value is -2.83. The standard InChI is InChI=1S/C29H32ClFN2O2S/c1-21(2)17-32-29(35)27(16-22-8-4-3-5-9-22)33(18-24-10-6-7-11-26(24)30)28(34)20-36-19-23-12-14-25(31)15-13-23/h3-15,21,27H,16-20H2,1-2H3,(H,32,35)/t27-/m0/s1. The van der Waals surface area contributed by atoms with Crippen LogP contribution in [-0.2, 0) is 28.3 Å². The largest absolute Gasteiger partial charge is 0.354 e. The molecular formula is C29H32ClFN2O2S. The topological polar surface area (TPSA) is 49.4 Å². The zero-order valence-corrected chi connectivity index (χ0v) is 22.2. The summed E-state index contributed by atoms with van der Waals surface area (Å²) in [6.07, 6.45) is 0.392. The highest BCUT2D eigenvalue weighted by Crippen LogP contribution is 2.22. The van der Waals surface area contributed by atoms with Gasteiger partial charge >= 0.3 is 0 Å². The van der Waals surface area contributed by atoms with E-state index in [0.717, 1.165) is 16.7 Å². The molecule has 3 aromatic carbocycles. The van der Waals surface area contributed by atoms with Crippen LogP contribution >= 0.6 is 23.4 Å². The van der Waals surface area contributed by atoms with Gasteiger partial charge in [-0.05, 0) is 40.8 Å². The van der Waals surface area contributed by atoms with Crippen LogP contribution in [-0.4, -0.2) is 35.1 Å². The summed E-state index contributed by atoms with van der Waals surface area (Å²) in [5.74, 6) is 0.408. The first-order valence-corrected chi connectivity index (χ1v) is 13.5. The van der Waals surface area contributed by atoms with Gasteiger partial charge in [-0.1, -0.05) is 86.1 Å². The van der Waals surface area contributed by atoms with E-state index in [0.29, 0.717) is 23.7 Å². The van der Waals surface area contributed by atoms with E-state index in [1.165, 1.54) is 23.9 Å². The maximum Gasteiger partial charge on any atom is 0.243 e. The zero-order valence-electron chi connectivity index (χ0n) is 20.6. The van der Waals surface area contributed by atoms with Gasteiger partial charge in [0.2, 0.25) is 11.8 Å². The van der Waals surface area contributed by atoms with Crippen molar-refractivity contribution in [2.24, 2.45) is 5.92 Å². The third kappa shape index (κ3) is 8.68. The van der Waals surface area contributed by atoms with Crippen LogP contribution in [0.3, 0.4) is 0 Å². The van der Waals surface area contributed by atoms with Crippen molar-refractivity contribution in [3.05, 3.63) is 106 Å². The molecule has 3 rings (SSSR count). The minimum Gasteiger partial charge on any atom is -0.354 e. The molecule has 0 aliphatic carbocycles. The van der Waals surface area contributed by atoms with Gasteiger partial charge in [-0.2, -0.15) is 0 Å². The quantitative estimate of drug-likeness (QED) is 0.309. The molecule has 0 unspecified atom stereocenters. The van der Waals surface area contributed by atoms with Gasteiger partial charge in [-0.25, -0.2) is 4.39 Å². The molecule has 0 spiro atoms. The lowest BCUT2D eigenvalue weighted by Crippen LogP contribution is -2.51. The third-order valence-electron chi connectivity index (χ3n) is 5.66. The average molecular weight is 527 g/mol. The summed E-state index contributed by atoms with van der Waals surface area (Å²) < 4.78 is 13.2. The van der Waals surface area contributed by atoms with E-state index in [-0.39, 0.29) is 35.8 Å². The molecule has 0 saturated carbocycles. The van der Waals surface area contributed by atoms with Crippen LogP contribution in [0.25, 0.3) is 0 Å². The number of benzene rings is 3. The summed E-state index contributed by atoms with van der Waals surface area (Å²) >= 11 is 7.88. The minimum atomic E-state index is -0.693. The maximum absolute atomic E-state index is 13.6. The molecule has 0 aromatic heterocycles. The Balaban J connectivity index is 1.84. The van der Waals surface area contributed by atoms with Gasteiger partial charge in [-0.3, -0.25) is 9.59 Å². The van der Waals surface area contributed by atoms with Gasteiger partial charge in [0.1, 0.15) is 11.9 Å². The lowest BCUT2D eigenvalue weighted by atomic mass is 10.0. The number of amides is 2. The number of nitrogens with one attached hydrogen (secondary N) is 1. The minimum absolute atomic E-state index is 0.150. The van der Waals surface area contributed by atoms with Gasteiger partial charge in [0.25, 0.3) is 0 Å². The predicted octanol–water partition coefficient (Wildman–Crippen LogP) is 6.12. The fraction of sp³-hybridized carbons (Fsp3) is 0.310. The third-order valence-corrected chi connectivity index (χ3v) is 7.02. The summed E-state index contributed by atoms with van der Waals surface area (Å²) in [7, 11) is 0. The SMILES string of the molecule is CC(C)CNC(=O)[C@H](Cc1ccccc1)N(Cc1ccccc1Cl)C(=O)CSCc1ccc(F)cc1. The summed E-state index contributed by atoms with van der Waals surface area (Å²) in [5, 5.41) is 3.57. The first-order valence-electron chi connectivity index (χ1n) is 12.0. The molecule has 2 amide bonds. The average Bonchev–Trinajstić information content (AvgIpc) is 2.87. The molecule has 3 aromatic rings. The molecule has 190 valence electrons. The Kier molecular flexibility index (Phi) is 10.8.